The van der Waals surface area contributed by atoms with Crippen LogP contribution in [0, 0.1) is 5.82 Å². The van der Waals surface area contributed by atoms with Crippen LogP contribution in [-0.4, -0.2) is 24.4 Å². The topological polar surface area (TPSA) is 58.2 Å². The van der Waals surface area contributed by atoms with E-state index in [0.29, 0.717) is 19.4 Å². The normalized spacial score (nSPS) is 18.9. The first-order valence-corrected chi connectivity index (χ1v) is 6.63. The Hall–Kier alpha value is -1.88. The minimum atomic E-state index is -0.480. The maximum absolute atomic E-state index is 13.5. The van der Waals surface area contributed by atoms with E-state index in [1.54, 1.807) is 6.07 Å². The molecule has 1 aromatic rings. The van der Waals surface area contributed by atoms with Gasteiger partial charge in [0.1, 0.15) is 5.82 Å². The summed E-state index contributed by atoms with van der Waals surface area (Å²) >= 11 is 5.85. The second-order valence-corrected chi connectivity index (χ2v) is 4.92. The Labute approximate surface area is 121 Å². The highest BCUT2D eigenvalue weighted by Crippen LogP contribution is 2.20. The molecule has 0 aromatic heterocycles. The highest BCUT2D eigenvalue weighted by molar-refractivity contribution is 6.32. The van der Waals surface area contributed by atoms with Crippen LogP contribution in [0.1, 0.15) is 18.4 Å². The van der Waals surface area contributed by atoms with E-state index in [1.165, 1.54) is 24.3 Å². The molecular weight excluding hydrogens is 283 g/mol. The van der Waals surface area contributed by atoms with E-state index in [2.05, 4.69) is 10.6 Å². The standard InChI is InChI=1S/C14H14ClFN2O2/c15-11-2-1-3-12(16)10(11)5-7-14(20)18-9-4-6-13(19)17-8-9/h1-3,5,7,9H,4,6,8H2,(H,17,19)(H,18,20). The Morgan fingerprint density at radius 1 is 1.50 bits per heavy atom. The summed E-state index contributed by atoms with van der Waals surface area (Å²) in [5.74, 6) is -0.832. The van der Waals surface area contributed by atoms with Crippen molar-refractivity contribution >= 4 is 29.5 Å². The molecule has 4 nitrogen and oxygen atoms in total. The van der Waals surface area contributed by atoms with Crippen molar-refractivity contribution in [2.45, 2.75) is 18.9 Å². The van der Waals surface area contributed by atoms with Gasteiger partial charge in [-0.05, 0) is 24.6 Å². The van der Waals surface area contributed by atoms with E-state index < -0.39 is 5.82 Å². The summed E-state index contributed by atoms with van der Waals surface area (Å²) in [5.41, 5.74) is 0.182. The summed E-state index contributed by atoms with van der Waals surface area (Å²) in [6.45, 7) is 0.416. The maximum Gasteiger partial charge on any atom is 0.244 e. The summed E-state index contributed by atoms with van der Waals surface area (Å²) < 4.78 is 13.5. The number of hydrogen-bond donors (Lipinski definition) is 2. The lowest BCUT2D eigenvalue weighted by Gasteiger charge is -2.22. The van der Waals surface area contributed by atoms with Crippen molar-refractivity contribution in [3.8, 4) is 0 Å². The Morgan fingerprint density at radius 3 is 2.95 bits per heavy atom. The Morgan fingerprint density at radius 2 is 2.30 bits per heavy atom. The lowest BCUT2D eigenvalue weighted by Crippen LogP contribution is -2.47. The third-order valence-corrected chi connectivity index (χ3v) is 3.34. The van der Waals surface area contributed by atoms with Crippen molar-refractivity contribution in [2.75, 3.05) is 6.54 Å². The van der Waals surface area contributed by atoms with Crippen molar-refractivity contribution in [2.24, 2.45) is 0 Å². The molecular formula is C14H14ClFN2O2. The fourth-order valence-electron chi connectivity index (χ4n) is 1.93. The minimum Gasteiger partial charge on any atom is -0.354 e. The smallest absolute Gasteiger partial charge is 0.244 e. The molecule has 2 rings (SSSR count). The molecule has 1 aromatic carbocycles. The summed E-state index contributed by atoms with van der Waals surface area (Å²) in [5, 5.41) is 5.66. The molecule has 1 atom stereocenters. The van der Waals surface area contributed by atoms with Gasteiger partial charge in [0.2, 0.25) is 11.8 Å². The van der Waals surface area contributed by atoms with Crippen molar-refractivity contribution in [1.29, 1.82) is 0 Å². The molecule has 0 bridgehead atoms. The third kappa shape index (κ3) is 3.81. The number of halogens is 2. The average Bonchev–Trinajstić information content (AvgIpc) is 2.41. The van der Waals surface area contributed by atoms with E-state index >= 15 is 0 Å². The number of piperidine rings is 1. The van der Waals surface area contributed by atoms with E-state index in [1.807, 2.05) is 0 Å². The van der Waals surface area contributed by atoms with Crippen LogP contribution in [0.2, 0.25) is 5.02 Å². The van der Waals surface area contributed by atoms with Crippen molar-refractivity contribution in [1.82, 2.24) is 10.6 Å². The van der Waals surface area contributed by atoms with Gasteiger partial charge >= 0.3 is 0 Å². The van der Waals surface area contributed by atoms with Crippen LogP contribution in [0.25, 0.3) is 6.08 Å². The number of rotatable bonds is 3. The van der Waals surface area contributed by atoms with Gasteiger partial charge in [-0.3, -0.25) is 9.59 Å². The highest BCUT2D eigenvalue weighted by atomic mass is 35.5. The fraction of sp³-hybridized carbons (Fsp3) is 0.286. The van der Waals surface area contributed by atoms with Gasteiger partial charge in [-0.25, -0.2) is 4.39 Å². The molecule has 1 aliphatic rings. The SMILES string of the molecule is O=C(C=Cc1c(F)cccc1Cl)NC1CCC(=O)NC1. The Kier molecular flexibility index (Phi) is 4.74. The van der Waals surface area contributed by atoms with Crippen molar-refractivity contribution in [3.63, 3.8) is 0 Å². The van der Waals surface area contributed by atoms with E-state index in [-0.39, 0.29) is 28.4 Å². The number of carbonyl (C=O) groups is 2. The zero-order valence-electron chi connectivity index (χ0n) is 10.7. The zero-order valence-corrected chi connectivity index (χ0v) is 11.4. The van der Waals surface area contributed by atoms with Crippen LogP contribution in [-0.2, 0) is 9.59 Å². The highest BCUT2D eigenvalue weighted by Gasteiger charge is 2.18. The number of carbonyl (C=O) groups excluding carboxylic acids is 2. The maximum atomic E-state index is 13.5. The van der Waals surface area contributed by atoms with Gasteiger partial charge < -0.3 is 10.6 Å². The van der Waals surface area contributed by atoms with Crippen molar-refractivity contribution < 1.29 is 14.0 Å². The first-order valence-electron chi connectivity index (χ1n) is 6.25. The predicted molar refractivity (Wildman–Crippen MR) is 74.6 cm³/mol. The third-order valence-electron chi connectivity index (χ3n) is 3.01. The van der Waals surface area contributed by atoms with Crippen LogP contribution < -0.4 is 10.6 Å². The molecule has 2 N–H and O–H groups in total. The lowest BCUT2D eigenvalue weighted by molar-refractivity contribution is -0.124. The quantitative estimate of drug-likeness (QED) is 0.837. The Bertz CT molecular complexity index is 530. The van der Waals surface area contributed by atoms with Crippen molar-refractivity contribution in [3.05, 3.63) is 40.7 Å². The molecule has 1 unspecified atom stereocenters. The van der Waals surface area contributed by atoms with Gasteiger partial charge in [0.25, 0.3) is 0 Å². The van der Waals surface area contributed by atoms with E-state index in [4.69, 9.17) is 11.6 Å². The summed E-state index contributed by atoms with van der Waals surface area (Å²) in [4.78, 5) is 22.7. The van der Waals surface area contributed by atoms with Gasteiger partial charge in [0, 0.05) is 30.6 Å². The molecule has 0 radical (unpaired) electrons. The minimum absolute atomic E-state index is 0.0100. The molecule has 1 fully saturated rings. The molecule has 1 saturated heterocycles. The molecule has 1 heterocycles. The molecule has 0 aliphatic carbocycles. The van der Waals surface area contributed by atoms with Crippen LogP contribution in [0.15, 0.2) is 24.3 Å². The van der Waals surface area contributed by atoms with Gasteiger partial charge in [0.05, 0.1) is 5.02 Å². The molecule has 20 heavy (non-hydrogen) atoms. The molecule has 2 amide bonds. The van der Waals surface area contributed by atoms with E-state index in [9.17, 15) is 14.0 Å². The second-order valence-electron chi connectivity index (χ2n) is 4.52. The molecule has 106 valence electrons. The monoisotopic (exact) mass is 296 g/mol. The largest absolute Gasteiger partial charge is 0.354 e. The first kappa shape index (κ1) is 14.5. The number of benzene rings is 1. The number of hydrogen-bond acceptors (Lipinski definition) is 2. The summed E-state index contributed by atoms with van der Waals surface area (Å²) in [7, 11) is 0. The van der Waals surface area contributed by atoms with Gasteiger partial charge in [0.15, 0.2) is 0 Å². The van der Waals surface area contributed by atoms with Gasteiger partial charge in [-0.1, -0.05) is 17.7 Å². The number of nitrogens with one attached hydrogen (secondary N) is 2. The lowest BCUT2D eigenvalue weighted by atomic mass is 10.1. The second kappa shape index (κ2) is 6.52. The average molecular weight is 297 g/mol. The van der Waals surface area contributed by atoms with Crippen LogP contribution in [0.5, 0.6) is 0 Å². The van der Waals surface area contributed by atoms with Gasteiger partial charge in [-0.15, -0.1) is 0 Å². The van der Waals surface area contributed by atoms with E-state index in [0.717, 1.165) is 0 Å². The fourth-order valence-corrected chi connectivity index (χ4v) is 2.16. The van der Waals surface area contributed by atoms with Crippen LogP contribution in [0.4, 0.5) is 4.39 Å². The molecule has 6 heteroatoms. The predicted octanol–water partition coefficient (Wildman–Crippen LogP) is 1.89. The van der Waals surface area contributed by atoms with Gasteiger partial charge in [-0.2, -0.15) is 0 Å². The summed E-state index contributed by atoms with van der Waals surface area (Å²) in [6, 6.07) is 4.24. The molecule has 1 aliphatic heterocycles. The first-order chi connectivity index (χ1) is 9.56. The summed E-state index contributed by atoms with van der Waals surface area (Å²) in [6.07, 6.45) is 3.58. The molecule has 0 spiro atoms. The molecule has 0 saturated carbocycles. The Balaban J connectivity index is 1.94. The zero-order chi connectivity index (χ0) is 14.5. The van der Waals surface area contributed by atoms with Crippen LogP contribution >= 0.6 is 11.6 Å². The number of amides is 2. The van der Waals surface area contributed by atoms with Crippen LogP contribution in [0.3, 0.4) is 0 Å².